The lowest BCUT2D eigenvalue weighted by molar-refractivity contribution is -0.145. The third-order valence-electron chi connectivity index (χ3n) is 2.08. The predicted molar refractivity (Wildman–Crippen MR) is 45.1 cm³/mol. The number of ether oxygens (including phenoxy) is 1. The van der Waals surface area contributed by atoms with Crippen LogP contribution in [0.2, 0.25) is 0 Å². The first kappa shape index (κ1) is 8.83. The maximum Gasteiger partial charge on any atom is 0.340 e. The number of rotatable bonds is 0. The summed E-state index contributed by atoms with van der Waals surface area (Å²) in [6.45, 7) is 0. The summed E-state index contributed by atoms with van der Waals surface area (Å²) in [6.07, 6.45) is -1.12. The molecule has 0 amide bonds. The summed E-state index contributed by atoms with van der Waals surface area (Å²) in [5, 5.41) is 27.6. The van der Waals surface area contributed by atoms with Crippen molar-refractivity contribution in [3.05, 3.63) is 17.7 Å². The molecule has 0 saturated heterocycles. The molecule has 0 radical (unpaired) electrons. The molecule has 74 valence electrons. The molecule has 1 aliphatic rings. The highest BCUT2D eigenvalue weighted by Gasteiger charge is 2.29. The van der Waals surface area contributed by atoms with Crippen LogP contribution in [-0.4, -0.2) is 27.4 Å². The molecule has 1 aromatic rings. The molecule has 0 fully saturated rings. The molecule has 1 unspecified atom stereocenters. The number of aliphatic hydroxyl groups excluding tert-OH is 1. The topological polar surface area (TPSA) is 87.0 Å². The number of phenolic OH excluding ortho intramolecular Hbond substituents is 2. The Morgan fingerprint density at radius 3 is 2.79 bits per heavy atom. The predicted octanol–water partition coefficient (Wildman–Crippen LogP) is -0.0798. The van der Waals surface area contributed by atoms with E-state index < -0.39 is 17.8 Å². The van der Waals surface area contributed by atoms with E-state index in [4.69, 9.17) is 10.2 Å². The number of aliphatic hydroxyl groups is 1. The Hall–Kier alpha value is -1.75. The van der Waals surface area contributed by atoms with Gasteiger partial charge >= 0.3 is 5.97 Å². The largest absolute Gasteiger partial charge is 0.504 e. The van der Waals surface area contributed by atoms with E-state index in [9.17, 15) is 9.90 Å². The van der Waals surface area contributed by atoms with Crippen molar-refractivity contribution in [3.63, 3.8) is 0 Å². The summed E-state index contributed by atoms with van der Waals surface area (Å²) >= 11 is 0. The zero-order valence-electron chi connectivity index (χ0n) is 7.10. The first-order chi connectivity index (χ1) is 6.59. The van der Waals surface area contributed by atoms with E-state index in [1.165, 1.54) is 12.1 Å². The molecular weight excluding hydrogens is 188 g/mol. The highest BCUT2D eigenvalue weighted by molar-refractivity contribution is 5.81. The molecule has 3 N–H and O–H groups in total. The number of phenols is 2. The van der Waals surface area contributed by atoms with Gasteiger partial charge in [-0.05, 0) is 6.07 Å². The van der Waals surface area contributed by atoms with Crippen LogP contribution in [0, 0.1) is 0 Å². The molecule has 0 spiro atoms. The van der Waals surface area contributed by atoms with Crippen LogP contribution < -0.4 is 4.74 Å². The van der Waals surface area contributed by atoms with Crippen molar-refractivity contribution in [1.82, 2.24) is 0 Å². The van der Waals surface area contributed by atoms with Crippen molar-refractivity contribution in [1.29, 1.82) is 0 Å². The molecule has 1 aromatic carbocycles. The molecule has 0 aliphatic carbocycles. The Morgan fingerprint density at radius 2 is 2.07 bits per heavy atom. The molecule has 5 heteroatoms. The van der Waals surface area contributed by atoms with Gasteiger partial charge in [0.25, 0.3) is 0 Å². The lowest BCUT2D eigenvalue weighted by Gasteiger charge is -2.20. The maximum absolute atomic E-state index is 11.0. The molecule has 1 aliphatic heterocycles. The highest BCUT2D eigenvalue weighted by atomic mass is 16.6. The molecular formula is C9H8O5. The zero-order valence-corrected chi connectivity index (χ0v) is 7.10. The van der Waals surface area contributed by atoms with Crippen molar-refractivity contribution in [2.45, 2.75) is 12.5 Å². The second-order valence-electron chi connectivity index (χ2n) is 3.06. The number of carbonyl (C=O) groups is 1. The van der Waals surface area contributed by atoms with E-state index in [2.05, 4.69) is 4.74 Å². The number of esters is 1. The van der Waals surface area contributed by atoms with Crippen LogP contribution in [0.25, 0.3) is 0 Å². The second-order valence-corrected chi connectivity index (χ2v) is 3.06. The van der Waals surface area contributed by atoms with Crippen molar-refractivity contribution < 1.29 is 24.9 Å². The summed E-state index contributed by atoms with van der Waals surface area (Å²) < 4.78 is 4.66. The van der Waals surface area contributed by atoms with Gasteiger partial charge in [-0.1, -0.05) is 6.07 Å². The van der Waals surface area contributed by atoms with Gasteiger partial charge in [-0.25, -0.2) is 4.79 Å². The first-order valence-corrected chi connectivity index (χ1v) is 4.03. The van der Waals surface area contributed by atoms with Crippen molar-refractivity contribution >= 4 is 5.97 Å². The van der Waals surface area contributed by atoms with Crippen LogP contribution in [0.3, 0.4) is 0 Å². The molecule has 2 rings (SSSR count). The third kappa shape index (κ3) is 1.18. The van der Waals surface area contributed by atoms with Crippen LogP contribution in [0.4, 0.5) is 0 Å². The van der Waals surface area contributed by atoms with Crippen molar-refractivity contribution in [2.75, 3.05) is 0 Å². The van der Waals surface area contributed by atoms with E-state index in [-0.39, 0.29) is 17.9 Å². The quantitative estimate of drug-likeness (QED) is 0.307. The van der Waals surface area contributed by atoms with Gasteiger partial charge in [-0.15, -0.1) is 0 Å². The molecule has 1 atom stereocenters. The van der Waals surface area contributed by atoms with Crippen molar-refractivity contribution in [3.8, 4) is 17.2 Å². The van der Waals surface area contributed by atoms with E-state index in [1.54, 1.807) is 0 Å². The van der Waals surface area contributed by atoms with E-state index in [1.807, 2.05) is 0 Å². The molecule has 5 nitrogen and oxygen atoms in total. The standard InChI is InChI=1S/C9H8O5/c10-5-2-1-4-3-6(11)9(13)14-8(4)7(5)12/h1-2,6,10-12H,3H2. The first-order valence-electron chi connectivity index (χ1n) is 4.03. The molecule has 1 heterocycles. The Bertz CT molecular complexity index is 398. The lowest BCUT2D eigenvalue weighted by Crippen LogP contribution is -2.32. The normalized spacial score (nSPS) is 20.1. The number of benzene rings is 1. The average Bonchev–Trinajstić information content (AvgIpc) is 2.15. The Labute approximate surface area is 79.2 Å². The second kappa shape index (κ2) is 2.88. The minimum Gasteiger partial charge on any atom is -0.504 e. The fraction of sp³-hybridized carbons (Fsp3) is 0.222. The van der Waals surface area contributed by atoms with Crippen LogP contribution in [0.15, 0.2) is 12.1 Å². The van der Waals surface area contributed by atoms with Gasteiger partial charge in [-0.2, -0.15) is 0 Å². The van der Waals surface area contributed by atoms with Crippen LogP contribution in [0.5, 0.6) is 17.2 Å². The number of hydrogen-bond acceptors (Lipinski definition) is 5. The number of carbonyl (C=O) groups excluding carboxylic acids is 1. The van der Waals surface area contributed by atoms with Gasteiger partial charge in [-0.3, -0.25) is 0 Å². The summed E-state index contributed by atoms with van der Waals surface area (Å²) in [5.41, 5.74) is 0.493. The molecule has 0 bridgehead atoms. The number of aromatic hydroxyl groups is 2. The van der Waals surface area contributed by atoms with Gasteiger partial charge in [0.15, 0.2) is 17.6 Å². The van der Waals surface area contributed by atoms with E-state index in [0.717, 1.165) is 0 Å². The third-order valence-corrected chi connectivity index (χ3v) is 2.08. The Balaban J connectivity index is 2.52. The monoisotopic (exact) mass is 196 g/mol. The molecule has 0 saturated carbocycles. The minimum atomic E-state index is -1.20. The van der Waals surface area contributed by atoms with Gasteiger partial charge in [0.1, 0.15) is 0 Å². The zero-order chi connectivity index (χ0) is 10.3. The summed E-state index contributed by atoms with van der Waals surface area (Å²) in [7, 11) is 0. The molecule has 0 aromatic heterocycles. The maximum atomic E-state index is 11.0. The van der Waals surface area contributed by atoms with E-state index in [0.29, 0.717) is 5.56 Å². The smallest absolute Gasteiger partial charge is 0.340 e. The Kier molecular flexibility index (Phi) is 1.82. The highest BCUT2D eigenvalue weighted by Crippen LogP contribution is 2.40. The van der Waals surface area contributed by atoms with Crippen molar-refractivity contribution in [2.24, 2.45) is 0 Å². The number of hydrogen-bond donors (Lipinski definition) is 3. The van der Waals surface area contributed by atoms with Crippen LogP contribution in [-0.2, 0) is 11.2 Å². The van der Waals surface area contributed by atoms with Crippen LogP contribution >= 0.6 is 0 Å². The van der Waals surface area contributed by atoms with Gasteiger partial charge < -0.3 is 20.1 Å². The number of fused-ring (bicyclic) bond motifs is 1. The fourth-order valence-corrected chi connectivity index (χ4v) is 1.34. The average molecular weight is 196 g/mol. The van der Waals surface area contributed by atoms with Gasteiger partial charge in [0.05, 0.1) is 0 Å². The summed E-state index contributed by atoms with van der Waals surface area (Å²) in [6, 6.07) is 2.76. The van der Waals surface area contributed by atoms with Crippen LogP contribution in [0.1, 0.15) is 5.56 Å². The summed E-state index contributed by atoms with van der Waals surface area (Å²) in [5.74, 6) is -1.71. The lowest BCUT2D eigenvalue weighted by atomic mass is 10.0. The fourth-order valence-electron chi connectivity index (χ4n) is 1.34. The Morgan fingerprint density at radius 1 is 1.36 bits per heavy atom. The SMILES string of the molecule is O=C1Oc2c(ccc(O)c2O)CC1O. The van der Waals surface area contributed by atoms with Gasteiger partial charge in [0.2, 0.25) is 5.75 Å². The molecule has 14 heavy (non-hydrogen) atoms. The summed E-state index contributed by atoms with van der Waals surface area (Å²) in [4.78, 5) is 11.0. The van der Waals surface area contributed by atoms with E-state index >= 15 is 0 Å². The van der Waals surface area contributed by atoms with Gasteiger partial charge in [0, 0.05) is 12.0 Å². The minimum absolute atomic E-state index is 0.0692.